The van der Waals surface area contributed by atoms with Gasteiger partial charge < -0.3 is 19.4 Å². The Morgan fingerprint density at radius 3 is 2.29 bits per heavy atom. The molecule has 132 valence electrons. The molecule has 24 heavy (non-hydrogen) atoms. The Bertz CT molecular complexity index is 631. The molecule has 1 N–H and O–H groups in total. The maximum atomic E-state index is 13.7. The predicted octanol–water partition coefficient (Wildman–Crippen LogP) is 3.21. The summed E-state index contributed by atoms with van der Waals surface area (Å²) in [4.78, 5) is 0. The molecular weight excluding hydrogens is 315 g/mol. The van der Waals surface area contributed by atoms with Crippen LogP contribution in [0.2, 0.25) is 0 Å². The lowest BCUT2D eigenvalue weighted by molar-refractivity contribution is 0.00578. The maximum Gasteiger partial charge on any atom is 0.491 e. The van der Waals surface area contributed by atoms with Gasteiger partial charge in [-0.15, -0.1) is 0 Å². The molecular formula is C17H24BF2NO3. The number of nitrogens with one attached hydrogen (secondary N) is 1. The SMILES string of the molecule is CNCC(=Cc1cc(F)c(F)c(OC)c1)B1OC(C)(C)C(C)(C)O1. The molecule has 4 nitrogen and oxygen atoms in total. The first kappa shape index (κ1) is 18.9. The number of methoxy groups -OCH3 is 1. The van der Waals surface area contributed by atoms with Gasteiger partial charge in [0.15, 0.2) is 11.6 Å². The zero-order valence-electron chi connectivity index (χ0n) is 15.0. The Morgan fingerprint density at radius 2 is 1.79 bits per heavy atom. The largest absolute Gasteiger partial charge is 0.494 e. The molecule has 0 bridgehead atoms. The zero-order chi connectivity index (χ0) is 18.1. The van der Waals surface area contributed by atoms with Crippen LogP contribution in [0.4, 0.5) is 8.78 Å². The van der Waals surface area contributed by atoms with Crippen molar-refractivity contribution in [2.75, 3.05) is 20.7 Å². The highest BCUT2D eigenvalue weighted by Crippen LogP contribution is 2.38. The molecule has 0 unspecified atom stereocenters. The molecule has 1 aromatic rings. The Morgan fingerprint density at radius 1 is 1.21 bits per heavy atom. The van der Waals surface area contributed by atoms with Crippen molar-refractivity contribution in [3.05, 3.63) is 34.8 Å². The third-order valence-corrected chi connectivity index (χ3v) is 4.53. The van der Waals surface area contributed by atoms with Crippen molar-refractivity contribution < 1.29 is 22.8 Å². The molecule has 1 aromatic carbocycles. The van der Waals surface area contributed by atoms with Crippen molar-refractivity contribution in [2.45, 2.75) is 38.9 Å². The van der Waals surface area contributed by atoms with Gasteiger partial charge in [-0.2, -0.15) is 4.39 Å². The van der Waals surface area contributed by atoms with Crippen LogP contribution < -0.4 is 10.1 Å². The average Bonchev–Trinajstić information content (AvgIpc) is 2.70. The zero-order valence-corrected chi connectivity index (χ0v) is 15.0. The van der Waals surface area contributed by atoms with Gasteiger partial charge in [-0.1, -0.05) is 6.08 Å². The number of rotatable bonds is 5. The van der Waals surface area contributed by atoms with Gasteiger partial charge >= 0.3 is 7.12 Å². The summed E-state index contributed by atoms with van der Waals surface area (Å²) in [5.41, 5.74) is 0.307. The number of likely N-dealkylation sites (N-methyl/N-ethyl adjacent to an activating group) is 1. The van der Waals surface area contributed by atoms with E-state index in [0.29, 0.717) is 12.1 Å². The molecule has 0 saturated carbocycles. The highest BCUT2D eigenvalue weighted by molar-refractivity contribution is 6.55. The fourth-order valence-corrected chi connectivity index (χ4v) is 2.43. The molecule has 1 fully saturated rings. The van der Waals surface area contributed by atoms with E-state index in [0.717, 1.165) is 11.5 Å². The monoisotopic (exact) mass is 339 g/mol. The van der Waals surface area contributed by atoms with E-state index in [4.69, 9.17) is 14.0 Å². The summed E-state index contributed by atoms with van der Waals surface area (Å²) in [6.45, 7) is 8.34. The highest BCUT2D eigenvalue weighted by Gasteiger charge is 2.52. The molecule has 0 spiro atoms. The average molecular weight is 339 g/mol. The van der Waals surface area contributed by atoms with E-state index < -0.39 is 30.0 Å². The molecule has 1 aliphatic rings. The fraction of sp³-hybridized carbons (Fsp3) is 0.529. The fourth-order valence-electron chi connectivity index (χ4n) is 2.43. The van der Waals surface area contributed by atoms with Crippen molar-refractivity contribution in [3.63, 3.8) is 0 Å². The highest BCUT2D eigenvalue weighted by atomic mass is 19.2. The van der Waals surface area contributed by atoms with Gasteiger partial charge in [-0.25, -0.2) is 4.39 Å². The van der Waals surface area contributed by atoms with Gasteiger partial charge in [-0.3, -0.25) is 0 Å². The number of hydrogen-bond donors (Lipinski definition) is 1. The Balaban J connectivity index is 2.38. The van der Waals surface area contributed by atoms with E-state index in [2.05, 4.69) is 5.32 Å². The van der Waals surface area contributed by atoms with Crippen LogP contribution in [0.3, 0.4) is 0 Å². The van der Waals surface area contributed by atoms with Crippen LogP contribution in [0, 0.1) is 11.6 Å². The van der Waals surface area contributed by atoms with Crippen LogP contribution in [0.25, 0.3) is 6.08 Å². The van der Waals surface area contributed by atoms with Crippen molar-refractivity contribution in [1.82, 2.24) is 5.32 Å². The molecule has 0 atom stereocenters. The van der Waals surface area contributed by atoms with Crippen molar-refractivity contribution in [3.8, 4) is 5.75 Å². The minimum absolute atomic E-state index is 0.140. The smallest absolute Gasteiger partial charge is 0.491 e. The summed E-state index contributed by atoms with van der Waals surface area (Å²) < 4.78 is 44.3. The summed E-state index contributed by atoms with van der Waals surface area (Å²) in [6.07, 6.45) is 1.73. The third-order valence-electron chi connectivity index (χ3n) is 4.53. The van der Waals surface area contributed by atoms with E-state index in [9.17, 15) is 8.78 Å². The Hall–Kier alpha value is -1.44. The van der Waals surface area contributed by atoms with Crippen LogP contribution in [-0.4, -0.2) is 39.0 Å². The van der Waals surface area contributed by atoms with E-state index >= 15 is 0 Å². The molecule has 1 aliphatic heterocycles. The van der Waals surface area contributed by atoms with Crippen LogP contribution in [-0.2, 0) is 9.31 Å². The summed E-state index contributed by atoms with van der Waals surface area (Å²) >= 11 is 0. The van der Waals surface area contributed by atoms with Crippen molar-refractivity contribution in [2.24, 2.45) is 0 Å². The molecule has 0 radical (unpaired) electrons. The number of benzene rings is 1. The van der Waals surface area contributed by atoms with Crippen molar-refractivity contribution in [1.29, 1.82) is 0 Å². The van der Waals surface area contributed by atoms with Crippen LogP contribution in [0.1, 0.15) is 33.3 Å². The molecule has 1 heterocycles. The molecule has 0 amide bonds. The minimum atomic E-state index is -1.000. The molecule has 0 aliphatic carbocycles. The first-order valence-corrected chi connectivity index (χ1v) is 7.85. The molecule has 2 rings (SSSR count). The number of hydrogen-bond acceptors (Lipinski definition) is 4. The van der Waals surface area contributed by atoms with E-state index in [1.165, 1.54) is 13.2 Å². The second-order valence-corrected chi connectivity index (χ2v) is 6.86. The first-order chi connectivity index (χ1) is 11.1. The van der Waals surface area contributed by atoms with Gasteiger partial charge in [0.05, 0.1) is 18.3 Å². The van der Waals surface area contributed by atoms with Crippen LogP contribution >= 0.6 is 0 Å². The van der Waals surface area contributed by atoms with Crippen LogP contribution in [0.15, 0.2) is 17.6 Å². The lowest BCUT2D eigenvalue weighted by atomic mass is 9.77. The maximum absolute atomic E-state index is 13.7. The van der Waals surface area contributed by atoms with Gasteiger partial charge in [0.1, 0.15) is 0 Å². The predicted molar refractivity (Wildman–Crippen MR) is 90.9 cm³/mol. The Labute approximate surface area is 142 Å². The number of halogens is 2. The standard InChI is InChI=1S/C17H24BF2NO3/c1-16(2)17(3,4)24-18(23-16)12(10-21-5)7-11-8-13(19)15(20)14(9-11)22-6/h7-9,21H,10H2,1-6H3. The number of ether oxygens (including phenoxy) is 1. The van der Waals surface area contributed by atoms with Gasteiger partial charge in [0, 0.05) is 6.54 Å². The lowest BCUT2D eigenvalue weighted by Gasteiger charge is -2.32. The normalized spacial score (nSPS) is 19.7. The molecule has 0 aromatic heterocycles. The molecule has 1 saturated heterocycles. The third kappa shape index (κ3) is 3.63. The van der Waals surface area contributed by atoms with Gasteiger partial charge in [0.2, 0.25) is 5.82 Å². The van der Waals surface area contributed by atoms with Crippen LogP contribution in [0.5, 0.6) is 5.75 Å². The van der Waals surface area contributed by atoms with Gasteiger partial charge in [-0.05, 0) is 57.9 Å². The second-order valence-electron chi connectivity index (χ2n) is 6.86. The summed E-state index contributed by atoms with van der Waals surface area (Å²) in [5, 5.41) is 3.05. The lowest BCUT2D eigenvalue weighted by Crippen LogP contribution is -2.41. The van der Waals surface area contributed by atoms with Gasteiger partial charge in [0.25, 0.3) is 0 Å². The quantitative estimate of drug-likeness (QED) is 0.837. The molecule has 7 heteroatoms. The van der Waals surface area contributed by atoms with Crippen molar-refractivity contribution >= 4 is 13.2 Å². The van der Waals surface area contributed by atoms with E-state index in [1.54, 1.807) is 13.1 Å². The summed E-state index contributed by atoms with van der Waals surface area (Å²) in [6, 6.07) is 2.57. The van der Waals surface area contributed by atoms with E-state index in [1.807, 2.05) is 27.7 Å². The second kappa shape index (κ2) is 6.82. The Kier molecular flexibility index (Phi) is 5.37. The topological polar surface area (TPSA) is 39.7 Å². The summed E-state index contributed by atoms with van der Waals surface area (Å²) in [5.74, 6) is -2.10. The summed E-state index contributed by atoms with van der Waals surface area (Å²) in [7, 11) is 2.53. The van der Waals surface area contributed by atoms with E-state index in [-0.39, 0.29) is 5.75 Å². The first-order valence-electron chi connectivity index (χ1n) is 7.85. The minimum Gasteiger partial charge on any atom is -0.494 e.